The van der Waals surface area contributed by atoms with Crippen LogP contribution in [0.2, 0.25) is 0 Å². The number of aryl methyl sites for hydroxylation is 1. The molecule has 0 bridgehead atoms. The smallest absolute Gasteiger partial charge is 0.295 e. The van der Waals surface area contributed by atoms with E-state index in [1.54, 1.807) is 0 Å². The largest absolute Gasteiger partial charge is 0.350 e. The molecule has 0 amide bonds. The summed E-state index contributed by atoms with van der Waals surface area (Å²) in [6.07, 6.45) is 0. The lowest BCUT2D eigenvalue weighted by molar-refractivity contribution is 0.564. The zero-order chi connectivity index (χ0) is 12.8. The van der Waals surface area contributed by atoms with Crippen molar-refractivity contribution >= 4 is 10.9 Å². The third-order valence-electron chi connectivity index (χ3n) is 1.82. The highest BCUT2D eigenvalue weighted by atomic mass is 19.1. The second-order valence-corrected chi connectivity index (χ2v) is 2.65. The molecule has 1 heterocycles. The van der Waals surface area contributed by atoms with Crippen LogP contribution in [0, 0.1) is 11.8 Å². The molecule has 0 fully saturated rings. The maximum atomic E-state index is 13.4. The molecular formula is C9H6F2N2O. The molecule has 0 aliphatic carbocycles. The Morgan fingerprint density at radius 3 is 3.00 bits per heavy atom. The van der Waals surface area contributed by atoms with Crippen LogP contribution in [0.15, 0.2) is 23.0 Å². The van der Waals surface area contributed by atoms with Gasteiger partial charge in [0.1, 0.15) is 5.82 Å². The zero-order valence-corrected chi connectivity index (χ0v) is 6.79. The fraction of sp³-hybridized carbons (Fsp3) is 0.111. The van der Waals surface area contributed by atoms with Crippen LogP contribution in [-0.2, 0) is 6.98 Å². The van der Waals surface area contributed by atoms with Crippen LogP contribution in [0.25, 0.3) is 10.9 Å². The fourth-order valence-corrected chi connectivity index (χ4v) is 1.20. The van der Waals surface area contributed by atoms with Gasteiger partial charge in [0.15, 0.2) is 0 Å². The van der Waals surface area contributed by atoms with Crippen molar-refractivity contribution in [1.29, 1.82) is 0 Å². The number of hydrogen-bond donors (Lipinski definition) is 0. The predicted molar refractivity (Wildman–Crippen MR) is 46.9 cm³/mol. The highest BCUT2D eigenvalue weighted by molar-refractivity contribution is 5.79. The number of aromatic nitrogens is 2. The number of fused-ring (bicyclic) bond motifs is 1. The van der Waals surface area contributed by atoms with Gasteiger partial charge in [0.05, 0.1) is 10.9 Å². The molecule has 14 heavy (non-hydrogen) atoms. The fourth-order valence-electron chi connectivity index (χ4n) is 1.20. The molecule has 0 aliphatic heterocycles. The second kappa shape index (κ2) is 2.87. The molecule has 0 unspecified atom stereocenters. The highest BCUT2D eigenvalue weighted by Crippen LogP contribution is 2.16. The number of nitrogens with zero attached hydrogens (tertiary/aromatic N) is 2. The maximum absolute atomic E-state index is 13.4. The first-order chi connectivity index (χ1) is 7.82. The molecule has 5 heteroatoms. The average molecular weight is 199 g/mol. The van der Waals surface area contributed by atoms with Crippen molar-refractivity contribution in [3.63, 3.8) is 0 Å². The third-order valence-corrected chi connectivity index (χ3v) is 1.82. The van der Waals surface area contributed by atoms with Crippen molar-refractivity contribution in [2.24, 2.45) is 6.98 Å². The van der Waals surface area contributed by atoms with Gasteiger partial charge < -0.3 is 0 Å². The van der Waals surface area contributed by atoms with E-state index in [9.17, 15) is 13.6 Å². The number of halogens is 2. The van der Waals surface area contributed by atoms with E-state index in [-0.39, 0.29) is 10.1 Å². The summed E-state index contributed by atoms with van der Waals surface area (Å²) in [4.78, 5) is 14.2. The summed E-state index contributed by atoms with van der Waals surface area (Å²) in [5.74, 6) is -2.28. The van der Waals surface area contributed by atoms with Crippen molar-refractivity contribution < 1.29 is 12.9 Å². The molecule has 0 saturated heterocycles. The minimum atomic E-state index is -2.84. The van der Waals surface area contributed by atoms with E-state index >= 15 is 0 Å². The Morgan fingerprint density at radius 2 is 2.29 bits per heavy atom. The van der Waals surface area contributed by atoms with E-state index in [0.717, 1.165) is 12.1 Å². The Labute approximate surface area is 81.8 Å². The lowest BCUT2D eigenvalue weighted by atomic mass is 10.2. The zero-order valence-electron chi connectivity index (χ0n) is 9.79. The first kappa shape index (κ1) is 5.85. The summed E-state index contributed by atoms with van der Waals surface area (Å²) in [5.41, 5.74) is -1.62. The average Bonchev–Trinajstić information content (AvgIpc) is 2.14. The summed E-state index contributed by atoms with van der Waals surface area (Å²) < 4.78 is 48.4. The highest BCUT2D eigenvalue weighted by Gasteiger charge is 2.11. The Bertz CT molecular complexity index is 651. The van der Waals surface area contributed by atoms with Crippen molar-refractivity contribution in [1.82, 2.24) is 9.55 Å². The molecule has 3 nitrogen and oxygen atoms in total. The topological polar surface area (TPSA) is 34.9 Å². The Hall–Kier alpha value is -1.78. The second-order valence-electron chi connectivity index (χ2n) is 2.65. The molecule has 0 spiro atoms. The van der Waals surface area contributed by atoms with Gasteiger partial charge in [-0.05, 0) is 12.1 Å². The van der Waals surface area contributed by atoms with Crippen molar-refractivity contribution in [3.05, 3.63) is 40.4 Å². The minimum Gasteiger partial charge on any atom is -0.295 e. The number of benzene rings is 1. The van der Waals surface area contributed by atoms with Gasteiger partial charge >= 0.3 is 5.69 Å². The predicted octanol–water partition coefficient (Wildman–Crippen LogP) is 1.21. The van der Waals surface area contributed by atoms with Crippen LogP contribution in [-0.4, -0.2) is 9.55 Å². The molecule has 0 N–H and O–H groups in total. The maximum Gasteiger partial charge on any atom is 0.350 e. The summed E-state index contributed by atoms with van der Waals surface area (Å²) in [6.45, 7) is -2.84. The van der Waals surface area contributed by atoms with E-state index < -0.39 is 29.8 Å². The van der Waals surface area contributed by atoms with Gasteiger partial charge in [0.25, 0.3) is 0 Å². The van der Waals surface area contributed by atoms with Gasteiger partial charge in [-0.25, -0.2) is 9.18 Å². The van der Waals surface area contributed by atoms with Crippen molar-refractivity contribution in [2.45, 2.75) is 0 Å². The lowest BCUT2D eigenvalue weighted by Crippen LogP contribution is -2.22. The molecule has 0 atom stereocenters. The first-order valence-electron chi connectivity index (χ1n) is 5.19. The van der Waals surface area contributed by atoms with Gasteiger partial charge in [-0.15, -0.1) is 0 Å². The first-order valence-corrected chi connectivity index (χ1v) is 3.69. The number of hydrogen-bond acceptors (Lipinski definition) is 2. The van der Waals surface area contributed by atoms with Gasteiger partial charge in [-0.1, -0.05) is 6.07 Å². The van der Waals surface area contributed by atoms with Crippen LogP contribution < -0.4 is 5.69 Å². The van der Waals surface area contributed by atoms with E-state index in [4.69, 9.17) is 4.11 Å². The quantitative estimate of drug-likeness (QED) is 0.598. The lowest BCUT2D eigenvalue weighted by Gasteiger charge is -2.04. The Morgan fingerprint density at radius 1 is 1.50 bits per heavy atom. The van der Waals surface area contributed by atoms with Gasteiger partial charge in [-0.3, -0.25) is 4.57 Å². The van der Waals surface area contributed by atoms with Gasteiger partial charge in [0.2, 0.25) is 5.95 Å². The normalized spacial score (nSPS) is 14.9. The molecule has 0 saturated carbocycles. The molecule has 2 aromatic rings. The van der Waals surface area contributed by atoms with Crippen LogP contribution >= 0.6 is 0 Å². The summed E-state index contributed by atoms with van der Waals surface area (Å²) in [6, 6.07) is 3.30. The third kappa shape index (κ3) is 1.09. The number of rotatable bonds is 0. The van der Waals surface area contributed by atoms with E-state index in [2.05, 4.69) is 4.98 Å². The van der Waals surface area contributed by atoms with Crippen molar-refractivity contribution in [3.8, 4) is 0 Å². The van der Waals surface area contributed by atoms with E-state index in [1.165, 1.54) is 6.07 Å². The molecule has 0 radical (unpaired) electrons. The molecule has 0 aliphatic rings. The Balaban J connectivity index is 3.05. The SMILES string of the molecule is [2H]C([2H])([2H])n1c(=O)nc(F)c2c(F)cccc21. The summed E-state index contributed by atoms with van der Waals surface area (Å²) in [7, 11) is 0. The molecule has 72 valence electrons. The standard InChI is InChI=1S/C9H6F2N2O/c1-13-6-4-2-3-5(10)7(6)8(11)12-9(13)14/h2-4H,1H3/i1D3. The molecule has 1 aromatic carbocycles. The molecular weight excluding hydrogens is 190 g/mol. The van der Waals surface area contributed by atoms with Crippen LogP contribution in [0.5, 0.6) is 0 Å². The van der Waals surface area contributed by atoms with Crippen molar-refractivity contribution in [2.75, 3.05) is 0 Å². The van der Waals surface area contributed by atoms with Gasteiger partial charge in [0, 0.05) is 11.1 Å². The van der Waals surface area contributed by atoms with Crippen LogP contribution in [0.4, 0.5) is 8.78 Å². The van der Waals surface area contributed by atoms with E-state index in [0.29, 0.717) is 0 Å². The van der Waals surface area contributed by atoms with Gasteiger partial charge in [-0.2, -0.15) is 9.37 Å². The van der Waals surface area contributed by atoms with E-state index in [1.807, 2.05) is 0 Å². The molecule has 2 rings (SSSR count). The minimum absolute atomic E-state index is 0.286. The summed E-state index contributed by atoms with van der Waals surface area (Å²) >= 11 is 0. The summed E-state index contributed by atoms with van der Waals surface area (Å²) in [5, 5.41) is -0.608. The molecule has 1 aromatic heterocycles. The Kier molecular flexibility index (Phi) is 1.20. The van der Waals surface area contributed by atoms with Crippen LogP contribution in [0.1, 0.15) is 4.11 Å². The van der Waals surface area contributed by atoms with Crippen LogP contribution in [0.3, 0.4) is 0 Å². The monoisotopic (exact) mass is 199 g/mol.